The van der Waals surface area contributed by atoms with Crippen LogP contribution in [0.2, 0.25) is 0 Å². The molecule has 1 N–H and O–H groups in total. The van der Waals surface area contributed by atoms with Crippen LogP contribution in [0.4, 0.5) is 0 Å². The SMILES string of the molecule is COc1ccc(C2CCNC[C@@H]2COc2ccc3c(c2)OCO3)cc1. The third kappa shape index (κ3) is 3.51. The number of rotatable bonds is 5. The van der Waals surface area contributed by atoms with Crippen LogP contribution in [0.3, 0.4) is 0 Å². The van der Waals surface area contributed by atoms with E-state index in [1.54, 1.807) is 7.11 Å². The first-order chi connectivity index (χ1) is 12.3. The molecule has 4 rings (SSSR count). The molecule has 2 aliphatic heterocycles. The molecular formula is C20H23NO4. The lowest BCUT2D eigenvalue weighted by Crippen LogP contribution is -2.38. The number of hydrogen-bond donors (Lipinski definition) is 1. The lowest BCUT2D eigenvalue weighted by atomic mass is 9.81. The van der Waals surface area contributed by atoms with Gasteiger partial charge in [0.25, 0.3) is 0 Å². The third-order valence-electron chi connectivity index (χ3n) is 4.96. The lowest BCUT2D eigenvalue weighted by molar-refractivity contribution is 0.173. The molecule has 0 bridgehead atoms. The summed E-state index contributed by atoms with van der Waals surface area (Å²) in [5.41, 5.74) is 1.35. The highest BCUT2D eigenvalue weighted by atomic mass is 16.7. The van der Waals surface area contributed by atoms with E-state index in [9.17, 15) is 0 Å². The van der Waals surface area contributed by atoms with Crippen LogP contribution in [0, 0.1) is 5.92 Å². The highest BCUT2D eigenvalue weighted by molar-refractivity contribution is 5.46. The van der Waals surface area contributed by atoms with Crippen LogP contribution in [-0.4, -0.2) is 33.6 Å². The molecule has 0 radical (unpaired) electrons. The second-order valence-electron chi connectivity index (χ2n) is 6.46. The second-order valence-corrected chi connectivity index (χ2v) is 6.46. The van der Waals surface area contributed by atoms with Gasteiger partial charge in [-0.3, -0.25) is 0 Å². The Labute approximate surface area is 147 Å². The van der Waals surface area contributed by atoms with Crippen LogP contribution in [0.25, 0.3) is 0 Å². The van der Waals surface area contributed by atoms with Crippen LogP contribution in [0.1, 0.15) is 17.9 Å². The predicted molar refractivity (Wildman–Crippen MR) is 94.8 cm³/mol. The minimum absolute atomic E-state index is 0.283. The number of nitrogens with one attached hydrogen (secondary N) is 1. The predicted octanol–water partition coefficient (Wildman–Crippen LogP) is 3.20. The molecule has 0 amide bonds. The van der Waals surface area contributed by atoms with Crippen LogP contribution >= 0.6 is 0 Å². The first kappa shape index (κ1) is 16.1. The number of fused-ring (bicyclic) bond motifs is 1. The van der Waals surface area contributed by atoms with E-state index in [2.05, 4.69) is 17.4 Å². The molecule has 132 valence electrons. The Morgan fingerprint density at radius 1 is 1.04 bits per heavy atom. The van der Waals surface area contributed by atoms with Gasteiger partial charge in [-0.1, -0.05) is 12.1 Å². The molecule has 25 heavy (non-hydrogen) atoms. The van der Waals surface area contributed by atoms with Crippen LogP contribution in [0.5, 0.6) is 23.0 Å². The summed E-state index contributed by atoms with van der Waals surface area (Å²) in [4.78, 5) is 0. The van der Waals surface area contributed by atoms with E-state index in [-0.39, 0.29) is 6.79 Å². The smallest absolute Gasteiger partial charge is 0.231 e. The molecule has 2 aromatic carbocycles. The van der Waals surface area contributed by atoms with Gasteiger partial charge >= 0.3 is 0 Å². The molecule has 0 aliphatic carbocycles. The van der Waals surface area contributed by atoms with Gasteiger partial charge in [-0.2, -0.15) is 0 Å². The Morgan fingerprint density at radius 2 is 1.84 bits per heavy atom. The first-order valence-electron chi connectivity index (χ1n) is 8.70. The summed E-state index contributed by atoms with van der Waals surface area (Å²) < 4.78 is 22.1. The maximum Gasteiger partial charge on any atom is 0.231 e. The lowest BCUT2D eigenvalue weighted by Gasteiger charge is -2.32. The fraction of sp³-hybridized carbons (Fsp3) is 0.400. The van der Waals surface area contributed by atoms with E-state index in [1.165, 1.54) is 5.56 Å². The van der Waals surface area contributed by atoms with Gasteiger partial charge in [0.05, 0.1) is 13.7 Å². The number of piperidine rings is 1. The van der Waals surface area contributed by atoms with Gasteiger partial charge in [-0.05, 0) is 48.7 Å². The molecular weight excluding hydrogens is 318 g/mol. The second kappa shape index (κ2) is 7.23. The highest BCUT2D eigenvalue weighted by Gasteiger charge is 2.27. The molecule has 2 aromatic rings. The van der Waals surface area contributed by atoms with Gasteiger partial charge < -0.3 is 24.3 Å². The minimum atomic E-state index is 0.283. The summed E-state index contributed by atoms with van der Waals surface area (Å²) in [6.07, 6.45) is 1.11. The van der Waals surface area contributed by atoms with Crippen molar-refractivity contribution in [2.45, 2.75) is 12.3 Å². The summed E-state index contributed by atoms with van der Waals surface area (Å²) in [5, 5.41) is 3.49. The molecule has 1 unspecified atom stereocenters. The third-order valence-corrected chi connectivity index (χ3v) is 4.96. The van der Waals surface area contributed by atoms with Crippen molar-refractivity contribution in [1.29, 1.82) is 0 Å². The number of benzene rings is 2. The van der Waals surface area contributed by atoms with Crippen molar-refractivity contribution in [3.63, 3.8) is 0 Å². The fourth-order valence-corrected chi connectivity index (χ4v) is 3.56. The normalized spacial score (nSPS) is 21.8. The summed E-state index contributed by atoms with van der Waals surface area (Å²) in [6.45, 7) is 2.95. The highest BCUT2D eigenvalue weighted by Crippen LogP contribution is 2.36. The minimum Gasteiger partial charge on any atom is -0.497 e. The van der Waals surface area contributed by atoms with Crippen molar-refractivity contribution in [2.24, 2.45) is 5.92 Å². The Kier molecular flexibility index (Phi) is 4.65. The topological polar surface area (TPSA) is 49.0 Å². The molecule has 0 aromatic heterocycles. The summed E-state index contributed by atoms with van der Waals surface area (Å²) in [5.74, 6) is 4.16. The van der Waals surface area contributed by atoms with Gasteiger partial charge in [0, 0.05) is 18.5 Å². The van der Waals surface area contributed by atoms with E-state index < -0.39 is 0 Å². The number of hydrogen-bond acceptors (Lipinski definition) is 5. The van der Waals surface area contributed by atoms with E-state index in [0.29, 0.717) is 18.4 Å². The van der Waals surface area contributed by atoms with Crippen molar-refractivity contribution in [1.82, 2.24) is 5.32 Å². The van der Waals surface area contributed by atoms with Crippen molar-refractivity contribution >= 4 is 0 Å². The van der Waals surface area contributed by atoms with Crippen LogP contribution < -0.4 is 24.3 Å². The van der Waals surface area contributed by atoms with Crippen LogP contribution in [-0.2, 0) is 0 Å². The summed E-state index contributed by atoms with van der Waals surface area (Å²) >= 11 is 0. The Bertz CT molecular complexity index is 716. The Morgan fingerprint density at radius 3 is 2.68 bits per heavy atom. The van der Waals surface area contributed by atoms with Crippen molar-refractivity contribution in [3.8, 4) is 23.0 Å². The number of ether oxygens (including phenoxy) is 4. The zero-order valence-electron chi connectivity index (χ0n) is 14.4. The molecule has 2 heterocycles. The molecule has 5 heteroatoms. The molecule has 0 spiro atoms. The fourth-order valence-electron chi connectivity index (χ4n) is 3.56. The van der Waals surface area contributed by atoms with Gasteiger partial charge in [0.2, 0.25) is 6.79 Å². The largest absolute Gasteiger partial charge is 0.497 e. The molecule has 1 saturated heterocycles. The average Bonchev–Trinajstić information content (AvgIpc) is 3.14. The first-order valence-corrected chi connectivity index (χ1v) is 8.70. The molecule has 2 aliphatic rings. The molecule has 0 saturated carbocycles. The van der Waals surface area contributed by atoms with Gasteiger partial charge in [-0.15, -0.1) is 0 Å². The van der Waals surface area contributed by atoms with Crippen molar-refractivity contribution < 1.29 is 18.9 Å². The molecule has 5 nitrogen and oxygen atoms in total. The van der Waals surface area contributed by atoms with Gasteiger partial charge in [0.15, 0.2) is 11.5 Å². The van der Waals surface area contributed by atoms with Crippen molar-refractivity contribution in [2.75, 3.05) is 33.6 Å². The Balaban J connectivity index is 1.43. The van der Waals surface area contributed by atoms with Crippen LogP contribution in [0.15, 0.2) is 42.5 Å². The maximum absolute atomic E-state index is 6.07. The van der Waals surface area contributed by atoms with Gasteiger partial charge in [0.1, 0.15) is 11.5 Å². The molecule has 1 fully saturated rings. The number of methoxy groups -OCH3 is 1. The van der Waals surface area contributed by atoms with Crippen molar-refractivity contribution in [3.05, 3.63) is 48.0 Å². The van der Waals surface area contributed by atoms with E-state index in [0.717, 1.165) is 42.5 Å². The summed E-state index contributed by atoms with van der Waals surface area (Å²) in [7, 11) is 1.70. The summed E-state index contributed by atoms with van der Waals surface area (Å²) in [6, 6.07) is 14.1. The zero-order valence-corrected chi connectivity index (χ0v) is 14.4. The Hall–Kier alpha value is -2.40. The standard InChI is InChI=1S/C20H23NO4/c1-22-16-4-2-14(3-5-16)18-8-9-21-11-15(18)12-23-17-6-7-19-20(10-17)25-13-24-19/h2-7,10,15,18,21H,8-9,11-13H2,1H3/t15-,18?/m1/s1. The van der Waals surface area contributed by atoms with Gasteiger partial charge in [-0.25, -0.2) is 0 Å². The zero-order chi connectivity index (χ0) is 17.1. The van der Waals surface area contributed by atoms with E-state index in [1.807, 2.05) is 30.3 Å². The average molecular weight is 341 g/mol. The molecule has 2 atom stereocenters. The quantitative estimate of drug-likeness (QED) is 0.905. The van der Waals surface area contributed by atoms with E-state index in [4.69, 9.17) is 18.9 Å². The van der Waals surface area contributed by atoms with E-state index >= 15 is 0 Å². The monoisotopic (exact) mass is 341 g/mol. The maximum atomic E-state index is 6.07.